The molecule has 0 unspecified atom stereocenters. The van der Waals surface area contributed by atoms with Crippen LogP contribution in [0.3, 0.4) is 0 Å². The summed E-state index contributed by atoms with van der Waals surface area (Å²) in [5.74, 6) is 2.31. The van der Waals surface area contributed by atoms with Crippen LogP contribution in [0, 0.1) is 6.92 Å². The summed E-state index contributed by atoms with van der Waals surface area (Å²) in [5, 5.41) is 3.85. The van der Waals surface area contributed by atoms with E-state index in [0.29, 0.717) is 17.8 Å². The Labute approximate surface area is 123 Å². The summed E-state index contributed by atoms with van der Waals surface area (Å²) in [7, 11) is 0. The summed E-state index contributed by atoms with van der Waals surface area (Å²) >= 11 is 0. The van der Waals surface area contributed by atoms with E-state index in [0.717, 1.165) is 38.1 Å². The molecule has 2 saturated heterocycles. The van der Waals surface area contributed by atoms with Crippen molar-refractivity contribution in [2.75, 3.05) is 6.54 Å². The number of nitrogens with zero attached hydrogens (tertiary/aromatic N) is 3. The third-order valence-corrected chi connectivity index (χ3v) is 4.42. The summed E-state index contributed by atoms with van der Waals surface area (Å²) in [6, 6.07) is 4.44. The van der Waals surface area contributed by atoms with Crippen LogP contribution in [0.4, 0.5) is 0 Å². The van der Waals surface area contributed by atoms with Crippen LogP contribution in [0.2, 0.25) is 0 Å². The van der Waals surface area contributed by atoms with E-state index in [-0.39, 0.29) is 12.2 Å². The molecule has 4 rings (SSSR count). The maximum atomic E-state index is 6.19. The molecule has 4 heterocycles. The highest BCUT2D eigenvalue weighted by Gasteiger charge is 2.41. The van der Waals surface area contributed by atoms with Gasteiger partial charge in [0.2, 0.25) is 0 Å². The smallest absolute Gasteiger partial charge is 0.255 e. The van der Waals surface area contributed by atoms with Gasteiger partial charge in [-0.2, -0.15) is 4.98 Å². The van der Waals surface area contributed by atoms with Gasteiger partial charge >= 0.3 is 0 Å². The van der Waals surface area contributed by atoms with Gasteiger partial charge in [0.15, 0.2) is 5.82 Å². The average Bonchev–Trinajstić information content (AvgIpc) is 3.21. The van der Waals surface area contributed by atoms with Gasteiger partial charge in [0, 0.05) is 12.6 Å². The number of ether oxygens (including phenoxy) is 1. The van der Waals surface area contributed by atoms with Gasteiger partial charge < -0.3 is 13.7 Å². The van der Waals surface area contributed by atoms with Gasteiger partial charge in [-0.05, 0) is 38.3 Å². The molecular formula is C15H19N3O3. The number of aromatic nitrogens is 2. The molecule has 0 aromatic carbocycles. The van der Waals surface area contributed by atoms with Crippen molar-refractivity contribution in [1.82, 2.24) is 15.0 Å². The lowest BCUT2D eigenvalue weighted by Crippen LogP contribution is -2.40. The van der Waals surface area contributed by atoms with Crippen LogP contribution >= 0.6 is 0 Å². The maximum absolute atomic E-state index is 6.19. The third kappa shape index (κ3) is 2.49. The highest BCUT2D eigenvalue weighted by molar-refractivity contribution is 5.02. The van der Waals surface area contributed by atoms with Gasteiger partial charge in [-0.3, -0.25) is 4.90 Å². The minimum Gasteiger partial charge on any atom is -0.468 e. The number of aryl methyl sites for hydroxylation is 1. The van der Waals surface area contributed by atoms with Gasteiger partial charge in [-0.15, -0.1) is 0 Å². The van der Waals surface area contributed by atoms with Gasteiger partial charge in [0.05, 0.1) is 18.9 Å². The molecule has 3 atom stereocenters. The molecule has 0 N–H and O–H groups in total. The molecule has 0 aliphatic carbocycles. The lowest BCUT2D eigenvalue weighted by Gasteiger charge is -2.34. The zero-order chi connectivity index (χ0) is 14.2. The van der Waals surface area contributed by atoms with E-state index in [1.54, 1.807) is 6.26 Å². The van der Waals surface area contributed by atoms with E-state index in [4.69, 9.17) is 13.7 Å². The van der Waals surface area contributed by atoms with E-state index in [2.05, 4.69) is 15.0 Å². The molecule has 21 heavy (non-hydrogen) atoms. The molecule has 0 spiro atoms. The Balaban J connectivity index is 1.42. The Morgan fingerprint density at radius 3 is 3.05 bits per heavy atom. The summed E-state index contributed by atoms with van der Waals surface area (Å²) in [4.78, 5) is 6.75. The van der Waals surface area contributed by atoms with Crippen LogP contribution in [-0.4, -0.2) is 33.7 Å². The van der Waals surface area contributed by atoms with Crippen molar-refractivity contribution < 1.29 is 13.7 Å². The maximum Gasteiger partial charge on any atom is 0.255 e. The van der Waals surface area contributed by atoms with Crippen molar-refractivity contribution in [3.8, 4) is 0 Å². The number of fused-ring (bicyclic) bond motifs is 1. The van der Waals surface area contributed by atoms with Crippen LogP contribution in [0.1, 0.15) is 42.8 Å². The molecule has 2 aromatic heterocycles. The van der Waals surface area contributed by atoms with E-state index < -0.39 is 0 Å². The first kappa shape index (κ1) is 13.0. The lowest BCUT2D eigenvalue weighted by atomic mass is 9.99. The number of hydrogen-bond acceptors (Lipinski definition) is 6. The first-order valence-corrected chi connectivity index (χ1v) is 7.52. The normalized spacial score (nSPS) is 29.7. The molecule has 2 fully saturated rings. The minimum absolute atomic E-state index is 0.0454. The molecule has 0 saturated carbocycles. The standard InChI is InChI=1S/C15H19N3O3/c1-10-16-15(21-17-10)14-5-4-12-13(20-14)6-7-18(12)9-11-3-2-8-19-11/h2-3,8,12-14H,4-7,9H2,1H3/t12-,13-,14-/m0/s1. The van der Waals surface area contributed by atoms with Crippen molar-refractivity contribution in [3.05, 3.63) is 35.9 Å². The predicted octanol–water partition coefficient (Wildman–Crippen LogP) is 2.47. The summed E-state index contributed by atoms with van der Waals surface area (Å²) in [6.45, 7) is 3.74. The number of rotatable bonds is 3. The van der Waals surface area contributed by atoms with E-state index in [1.165, 1.54) is 0 Å². The molecule has 0 bridgehead atoms. The zero-order valence-corrected chi connectivity index (χ0v) is 12.1. The van der Waals surface area contributed by atoms with E-state index >= 15 is 0 Å². The SMILES string of the molecule is Cc1noc([C@@H]2CC[C@H]3[C@H](CCN3Cc3ccco3)O2)n1. The Kier molecular flexibility index (Phi) is 3.27. The van der Waals surface area contributed by atoms with E-state index in [1.807, 2.05) is 19.1 Å². The largest absolute Gasteiger partial charge is 0.468 e. The topological polar surface area (TPSA) is 64.5 Å². The fourth-order valence-corrected chi connectivity index (χ4v) is 3.44. The van der Waals surface area contributed by atoms with Gasteiger partial charge in [0.1, 0.15) is 11.9 Å². The lowest BCUT2D eigenvalue weighted by molar-refractivity contribution is -0.0836. The molecule has 2 aromatic rings. The van der Waals surface area contributed by atoms with Crippen LogP contribution in [0.5, 0.6) is 0 Å². The van der Waals surface area contributed by atoms with Crippen LogP contribution in [-0.2, 0) is 11.3 Å². The Bertz CT molecular complexity index is 595. The molecular weight excluding hydrogens is 270 g/mol. The molecule has 6 nitrogen and oxygen atoms in total. The monoisotopic (exact) mass is 289 g/mol. The Morgan fingerprint density at radius 2 is 2.29 bits per heavy atom. The van der Waals surface area contributed by atoms with Crippen LogP contribution in [0.25, 0.3) is 0 Å². The first-order valence-electron chi connectivity index (χ1n) is 7.52. The van der Waals surface area contributed by atoms with E-state index in [9.17, 15) is 0 Å². The second-order valence-corrected chi connectivity index (χ2v) is 5.83. The van der Waals surface area contributed by atoms with Crippen LogP contribution in [0.15, 0.2) is 27.3 Å². The predicted molar refractivity (Wildman–Crippen MR) is 73.4 cm³/mol. The highest BCUT2D eigenvalue weighted by Crippen LogP contribution is 2.38. The van der Waals surface area contributed by atoms with Gasteiger partial charge in [-0.25, -0.2) is 0 Å². The number of likely N-dealkylation sites (tertiary alicyclic amines) is 1. The van der Waals surface area contributed by atoms with Gasteiger partial charge in [-0.1, -0.05) is 5.16 Å². The van der Waals surface area contributed by atoms with Crippen molar-refractivity contribution in [2.24, 2.45) is 0 Å². The molecule has 2 aliphatic heterocycles. The van der Waals surface area contributed by atoms with Crippen LogP contribution < -0.4 is 0 Å². The number of hydrogen-bond donors (Lipinski definition) is 0. The quantitative estimate of drug-likeness (QED) is 0.865. The minimum atomic E-state index is -0.0454. The molecule has 2 aliphatic rings. The fourth-order valence-electron chi connectivity index (χ4n) is 3.44. The molecule has 6 heteroatoms. The third-order valence-electron chi connectivity index (χ3n) is 4.42. The zero-order valence-electron chi connectivity index (χ0n) is 12.1. The van der Waals surface area contributed by atoms with Crippen molar-refractivity contribution in [2.45, 2.75) is 51.0 Å². The second kappa shape index (κ2) is 5.27. The summed E-state index contributed by atoms with van der Waals surface area (Å²) in [5.41, 5.74) is 0. The van der Waals surface area contributed by atoms with Crippen molar-refractivity contribution >= 4 is 0 Å². The van der Waals surface area contributed by atoms with Gasteiger partial charge in [0.25, 0.3) is 5.89 Å². The Hall–Kier alpha value is -1.66. The second-order valence-electron chi connectivity index (χ2n) is 5.83. The summed E-state index contributed by atoms with van der Waals surface area (Å²) < 4.78 is 16.9. The Morgan fingerprint density at radius 1 is 1.33 bits per heavy atom. The average molecular weight is 289 g/mol. The first-order chi connectivity index (χ1) is 10.3. The highest BCUT2D eigenvalue weighted by atomic mass is 16.5. The molecule has 0 amide bonds. The van der Waals surface area contributed by atoms with Crippen molar-refractivity contribution in [1.29, 1.82) is 0 Å². The number of furan rings is 1. The molecule has 0 radical (unpaired) electrons. The molecule has 112 valence electrons. The summed E-state index contributed by atoms with van der Waals surface area (Å²) in [6.07, 6.45) is 5.01. The van der Waals surface area contributed by atoms with Crippen molar-refractivity contribution in [3.63, 3.8) is 0 Å². The fraction of sp³-hybridized carbons (Fsp3) is 0.600.